The van der Waals surface area contributed by atoms with Gasteiger partial charge in [0.15, 0.2) is 0 Å². The molecule has 35 heavy (non-hydrogen) atoms. The smallest absolute Gasteiger partial charge is 0.266 e. The molecule has 1 unspecified atom stereocenters. The summed E-state index contributed by atoms with van der Waals surface area (Å²) in [4.78, 5) is 21.5. The van der Waals surface area contributed by atoms with E-state index in [1.54, 1.807) is 13.0 Å². The molecule has 4 rings (SSSR count). The molecule has 9 nitrogen and oxygen atoms in total. The summed E-state index contributed by atoms with van der Waals surface area (Å²) in [5, 5.41) is 16.1. The zero-order valence-electron chi connectivity index (χ0n) is 21.0. The van der Waals surface area contributed by atoms with E-state index in [9.17, 15) is 4.79 Å². The summed E-state index contributed by atoms with van der Waals surface area (Å²) in [6.07, 6.45) is 6.92. The third kappa shape index (κ3) is 7.18. The van der Waals surface area contributed by atoms with E-state index in [2.05, 4.69) is 25.3 Å². The average Bonchev–Trinajstić information content (AvgIpc) is 3.55. The molecule has 0 spiro atoms. The molecule has 1 atom stereocenters. The number of benzene rings is 1. The standard InChI is InChI=1S/C26H39N5O4/c1-19-16-22(7-8-23(19)25(33)27-20(2)18-32)34-15-5-6-21-9-13-31(14-10-21)26-28-24(35-29-26)17-30-11-3-4-12-30/h7-8,16,20-21,32H,3-6,9-15,17-18H2,1-2H3,(H,27,33). The SMILES string of the molecule is Cc1cc(OCCCC2CCN(c3noc(CN4CCCC4)n3)CC2)ccc1C(=O)NC(C)CO. The number of rotatable bonds is 11. The topological polar surface area (TPSA) is 104 Å². The van der Waals surface area contributed by atoms with Crippen molar-refractivity contribution in [1.82, 2.24) is 20.4 Å². The van der Waals surface area contributed by atoms with Crippen LogP contribution in [0, 0.1) is 12.8 Å². The number of aliphatic hydroxyl groups excluding tert-OH is 1. The van der Waals surface area contributed by atoms with Crippen LogP contribution in [0.3, 0.4) is 0 Å². The Kier molecular flexibility index (Phi) is 8.98. The molecule has 9 heteroatoms. The molecular weight excluding hydrogens is 446 g/mol. The molecule has 1 aromatic carbocycles. The number of amides is 1. The molecule has 2 aliphatic rings. The number of aromatic nitrogens is 2. The van der Waals surface area contributed by atoms with E-state index in [1.807, 2.05) is 19.1 Å². The minimum Gasteiger partial charge on any atom is -0.494 e. The first-order chi connectivity index (χ1) is 17.0. The lowest BCUT2D eigenvalue weighted by Gasteiger charge is -2.30. The highest BCUT2D eigenvalue weighted by Crippen LogP contribution is 2.25. The number of likely N-dealkylation sites (tertiary alicyclic amines) is 1. The van der Waals surface area contributed by atoms with Crippen molar-refractivity contribution in [2.24, 2.45) is 5.92 Å². The third-order valence-corrected chi connectivity index (χ3v) is 7.03. The van der Waals surface area contributed by atoms with Crippen LogP contribution in [-0.4, -0.2) is 71.5 Å². The van der Waals surface area contributed by atoms with E-state index in [4.69, 9.17) is 14.4 Å². The number of carbonyl (C=O) groups excluding carboxylic acids is 1. The summed E-state index contributed by atoms with van der Waals surface area (Å²) in [5.41, 5.74) is 1.47. The van der Waals surface area contributed by atoms with Crippen LogP contribution in [0.5, 0.6) is 5.75 Å². The van der Waals surface area contributed by atoms with Crippen molar-refractivity contribution in [3.8, 4) is 5.75 Å². The van der Waals surface area contributed by atoms with Gasteiger partial charge in [0, 0.05) is 24.7 Å². The van der Waals surface area contributed by atoms with Crippen molar-refractivity contribution in [3.05, 3.63) is 35.2 Å². The molecule has 2 fully saturated rings. The molecule has 2 N–H and O–H groups in total. The van der Waals surface area contributed by atoms with Gasteiger partial charge in [0.25, 0.3) is 11.9 Å². The van der Waals surface area contributed by atoms with E-state index < -0.39 is 0 Å². The van der Waals surface area contributed by atoms with Crippen molar-refractivity contribution in [1.29, 1.82) is 0 Å². The van der Waals surface area contributed by atoms with Gasteiger partial charge < -0.3 is 24.6 Å². The van der Waals surface area contributed by atoms with Gasteiger partial charge in [0.05, 0.1) is 19.8 Å². The monoisotopic (exact) mass is 485 g/mol. The number of ether oxygens (including phenoxy) is 1. The highest BCUT2D eigenvalue weighted by Gasteiger charge is 2.23. The van der Waals surface area contributed by atoms with Crippen LogP contribution in [0.1, 0.15) is 67.3 Å². The van der Waals surface area contributed by atoms with E-state index >= 15 is 0 Å². The Labute approximate surface area is 207 Å². The predicted molar refractivity (Wildman–Crippen MR) is 134 cm³/mol. The molecule has 1 amide bonds. The van der Waals surface area contributed by atoms with Gasteiger partial charge in [-0.05, 0) is 100 Å². The molecule has 1 aromatic heterocycles. The number of aryl methyl sites for hydroxylation is 1. The lowest BCUT2D eigenvalue weighted by Crippen LogP contribution is -2.35. The van der Waals surface area contributed by atoms with Crippen LogP contribution in [0.2, 0.25) is 0 Å². The normalized spacial score (nSPS) is 18.1. The molecule has 192 valence electrons. The quantitative estimate of drug-likeness (QED) is 0.468. The lowest BCUT2D eigenvalue weighted by molar-refractivity contribution is 0.0921. The Morgan fingerprint density at radius 2 is 2.03 bits per heavy atom. The predicted octanol–water partition coefficient (Wildman–Crippen LogP) is 3.16. The largest absolute Gasteiger partial charge is 0.494 e. The number of aliphatic hydroxyl groups is 1. The Balaban J connectivity index is 1.14. The van der Waals surface area contributed by atoms with Gasteiger partial charge in [-0.25, -0.2) is 0 Å². The van der Waals surface area contributed by atoms with Crippen molar-refractivity contribution in [2.45, 2.75) is 65.0 Å². The van der Waals surface area contributed by atoms with E-state index in [0.29, 0.717) is 18.1 Å². The number of carbonyl (C=O) groups is 1. The molecule has 0 saturated carbocycles. The van der Waals surface area contributed by atoms with Crippen LogP contribution >= 0.6 is 0 Å². The molecule has 3 heterocycles. The van der Waals surface area contributed by atoms with Crippen LogP contribution in [-0.2, 0) is 6.54 Å². The fourth-order valence-corrected chi connectivity index (χ4v) is 4.88. The van der Waals surface area contributed by atoms with E-state index in [-0.39, 0.29) is 18.6 Å². The van der Waals surface area contributed by atoms with Crippen LogP contribution in [0.4, 0.5) is 5.95 Å². The van der Waals surface area contributed by atoms with Crippen molar-refractivity contribution >= 4 is 11.9 Å². The summed E-state index contributed by atoms with van der Waals surface area (Å²) >= 11 is 0. The molecule has 0 bridgehead atoms. The molecule has 2 saturated heterocycles. The van der Waals surface area contributed by atoms with Gasteiger partial charge in [0.1, 0.15) is 5.75 Å². The Hall–Kier alpha value is -2.65. The van der Waals surface area contributed by atoms with Gasteiger partial charge in [-0.1, -0.05) is 0 Å². The summed E-state index contributed by atoms with van der Waals surface area (Å²) in [5.74, 6) is 2.76. The highest BCUT2D eigenvalue weighted by atomic mass is 16.5. The molecule has 0 aliphatic carbocycles. The number of hydrogen-bond donors (Lipinski definition) is 2. The number of nitrogens with zero attached hydrogens (tertiary/aromatic N) is 4. The van der Waals surface area contributed by atoms with Crippen molar-refractivity contribution in [2.75, 3.05) is 44.3 Å². The van der Waals surface area contributed by atoms with Gasteiger partial charge in [-0.15, -0.1) is 0 Å². The number of piperidine rings is 1. The molecule has 2 aliphatic heterocycles. The average molecular weight is 486 g/mol. The first-order valence-electron chi connectivity index (χ1n) is 13.0. The zero-order chi connectivity index (χ0) is 24.6. The fraction of sp³-hybridized carbons (Fsp3) is 0.654. The third-order valence-electron chi connectivity index (χ3n) is 7.03. The minimum atomic E-state index is -0.269. The first kappa shape index (κ1) is 25.4. The van der Waals surface area contributed by atoms with Crippen LogP contribution in [0.15, 0.2) is 22.7 Å². The summed E-state index contributed by atoms with van der Waals surface area (Å²) in [6.45, 7) is 9.20. The summed E-state index contributed by atoms with van der Waals surface area (Å²) < 4.78 is 11.4. The van der Waals surface area contributed by atoms with E-state index in [0.717, 1.165) is 81.6 Å². The van der Waals surface area contributed by atoms with Gasteiger partial charge >= 0.3 is 0 Å². The molecule has 2 aromatic rings. The second kappa shape index (κ2) is 12.4. The zero-order valence-corrected chi connectivity index (χ0v) is 21.0. The Morgan fingerprint density at radius 1 is 1.26 bits per heavy atom. The van der Waals surface area contributed by atoms with Crippen molar-refractivity contribution < 1.29 is 19.2 Å². The maximum atomic E-state index is 12.3. The second-order valence-corrected chi connectivity index (χ2v) is 9.93. The second-order valence-electron chi connectivity index (χ2n) is 9.93. The van der Waals surface area contributed by atoms with Gasteiger partial charge in [-0.3, -0.25) is 9.69 Å². The lowest BCUT2D eigenvalue weighted by atomic mass is 9.92. The van der Waals surface area contributed by atoms with Crippen LogP contribution < -0.4 is 15.0 Å². The number of nitrogens with one attached hydrogen (secondary N) is 1. The molecule has 0 radical (unpaired) electrons. The maximum absolute atomic E-state index is 12.3. The minimum absolute atomic E-state index is 0.0814. The maximum Gasteiger partial charge on any atom is 0.266 e. The number of hydrogen-bond acceptors (Lipinski definition) is 8. The van der Waals surface area contributed by atoms with Gasteiger partial charge in [-0.2, -0.15) is 4.98 Å². The summed E-state index contributed by atoms with van der Waals surface area (Å²) in [7, 11) is 0. The van der Waals surface area contributed by atoms with Crippen molar-refractivity contribution in [3.63, 3.8) is 0 Å². The fourth-order valence-electron chi connectivity index (χ4n) is 4.88. The Bertz CT molecular complexity index is 951. The number of anilines is 1. The van der Waals surface area contributed by atoms with Crippen LogP contribution in [0.25, 0.3) is 0 Å². The Morgan fingerprint density at radius 3 is 2.74 bits per heavy atom. The first-order valence-corrected chi connectivity index (χ1v) is 13.0. The summed E-state index contributed by atoms with van der Waals surface area (Å²) in [6, 6.07) is 5.26. The van der Waals surface area contributed by atoms with Gasteiger partial charge in [0.2, 0.25) is 5.89 Å². The van der Waals surface area contributed by atoms with E-state index in [1.165, 1.54) is 12.8 Å². The highest BCUT2D eigenvalue weighted by molar-refractivity contribution is 5.95. The molecular formula is C26H39N5O4.